The number of benzene rings is 1. The van der Waals surface area contributed by atoms with Crippen molar-refractivity contribution in [1.82, 2.24) is 10.2 Å². The molecule has 0 fully saturated rings. The van der Waals surface area contributed by atoms with E-state index >= 15 is 0 Å². The molecule has 1 N–H and O–H groups in total. The fourth-order valence-corrected chi connectivity index (χ4v) is 2.28. The van der Waals surface area contributed by atoms with Crippen LogP contribution in [-0.4, -0.2) is 22.7 Å². The highest BCUT2D eigenvalue weighted by Crippen LogP contribution is 2.18. The number of amides is 1. The Kier molecular flexibility index (Phi) is 5.27. The molecule has 2 aromatic rings. The molecule has 0 aliphatic heterocycles. The standard InChI is InChI=1S/C15H19N3O2S/c1-4-13-17-18-15(21-13)16-14(19)11-6-5-7-12(8-11)20-9-10(2)3/h5-8,10H,4,9H2,1-3H3,(H,16,18,19). The topological polar surface area (TPSA) is 64.1 Å². The molecule has 21 heavy (non-hydrogen) atoms. The summed E-state index contributed by atoms with van der Waals surface area (Å²) in [6.07, 6.45) is 0.812. The van der Waals surface area contributed by atoms with Gasteiger partial charge in [0.25, 0.3) is 5.91 Å². The van der Waals surface area contributed by atoms with Crippen LogP contribution < -0.4 is 10.1 Å². The van der Waals surface area contributed by atoms with Gasteiger partial charge in [0.2, 0.25) is 5.13 Å². The number of nitrogens with one attached hydrogen (secondary N) is 1. The van der Waals surface area contributed by atoms with Crippen LogP contribution in [0.1, 0.15) is 36.1 Å². The Hall–Kier alpha value is -1.95. The van der Waals surface area contributed by atoms with E-state index in [1.165, 1.54) is 11.3 Å². The van der Waals surface area contributed by atoms with Crippen LogP contribution in [0.5, 0.6) is 5.75 Å². The van der Waals surface area contributed by atoms with E-state index in [1.54, 1.807) is 12.1 Å². The maximum absolute atomic E-state index is 12.2. The molecule has 0 saturated heterocycles. The fourth-order valence-electron chi connectivity index (χ4n) is 1.61. The summed E-state index contributed by atoms with van der Waals surface area (Å²) in [7, 11) is 0. The van der Waals surface area contributed by atoms with Crippen LogP contribution in [0.3, 0.4) is 0 Å². The van der Waals surface area contributed by atoms with Crippen LogP contribution in [0.25, 0.3) is 0 Å². The number of rotatable bonds is 6. The molecule has 1 aromatic carbocycles. The maximum atomic E-state index is 12.2. The fraction of sp³-hybridized carbons (Fsp3) is 0.400. The Morgan fingerprint density at radius 2 is 2.19 bits per heavy atom. The first-order valence-electron chi connectivity index (χ1n) is 6.95. The lowest BCUT2D eigenvalue weighted by atomic mass is 10.2. The third-order valence-corrected chi connectivity index (χ3v) is 3.65. The van der Waals surface area contributed by atoms with E-state index in [1.807, 2.05) is 19.1 Å². The number of carbonyl (C=O) groups is 1. The largest absolute Gasteiger partial charge is 0.493 e. The Balaban J connectivity index is 2.03. The van der Waals surface area contributed by atoms with Gasteiger partial charge in [-0.25, -0.2) is 0 Å². The lowest BCUT2D eigenvalue weighted by molar-refractivity contribution is 0.102. The zero-order chi connectivity index (χ0) is 15.2. The van der Waals surface area contributed by atoms with Gasteiger partial charge in [-0.1, -0.05) is 38.2 Å². The number of aryl methyl sites for hydroxylation is 1. The minimum atomic E-state index is -0.205. The van der Waals surface area contributed by atoms with E-state index < -0.39 is 0 Å². The zero-order valence-electron chi connectivity index (χ0n) is 12.4. The third kappa shape index (κ3) is 4.53. The van der Waals surface area contributed by atoms with Gasteiger partial charge in [0.1, 0.15) is 10.8 Å². The van der Waals surface area contributed by atoms with Crippen molar-refractivity contribution < 1.29 is 9.53 Å². The summed E-state index contributed by atoms with van der Waals surface area (Å²) in [6.45, 7) is 6.79. The van der Waals surface area contributed by atoms with Crippen molar-refractivity contribution in [2.24, 2.45) is 5.92 Å². The Bertz CT molecular complexity index is 610. The lowest BCUT2D eigenvalue weighted by Crippen LogP contribution is -2.12. The van der Waals surface area contributed by atoms with Gasteiger partial charge in [-0.15, -0.1) is 10.2 Å². The first kappa shape index (κ1) is 15.4. The van der Waals surface area contributed by atoms with Crippen molar-refractivity contribution in [3.63, 3.8) is 0 Å². The number of anilines is 1. The van der Waals surface area contributed by atoms with Crippen LogP contribution in [0.2, 0.25) is 0 Å². The molecule has 0 bridgehead atoms. The van der Waals surface area contributed by atoms with Crippen molar-refractivity contribution in [3.05, 3.63) is 34.8 Å². The summed E-state index contributed by atoms with van der Waals surface area (Å²) in [5.41, 5.74) is 0.546. The summed E-state index contributed by atoms with van der Waals surface area (Å²) in [6, 6.07) is 7.14. The molecule has 1 aromatic heterocycles. The Labute approximate surface area is 128 Å². The maximum Gasteiger partial charge on any atom is 0.257 e. The quantitative estimate of drug-likeness (QED) is 0.888. The molecule has 0 atom stereocenters. The van der Waals surface area contributed by atoms with E-state index in [0.29, 0.717) is 29.0 Å². The normalized spacial score (nSPS) is 10.7. The van der Waals surface area contributed by atoms with Crippen molar-refractivity contribution in [1.29, 1.82) is 0 Å². The molecule has 5 nitrogen and oxygen atoms in total. The second-order valence-electron chi connectivity index (χ2n) is 5.04. The average Bonchev–Trinajstić information content (AvgIpc) is 2.93. The smallest absolute Gasteiger partial charge is 0.257 e. The molecule has 0 aliphatic carbocycles. The van der Waals surface area contributed by atoms with Crippen LogP contribution in [0.4, 0.5) is 5.13 Å². The number of ether oxygens (including phenoxy) is 1. The Morgan fingerprint density at radius 1 is 1.38 bits per heavy atom. The second-order valence-corrected chi connectivity index (χ2v) is 6.10. The van der Waals surface area contributed by atoms with Gasteiger partial charge in [0, 0.05) is 5.56 Å². The summed E-state index contributed by atoms with van der Waals surface area (Å²) < 4.78 is 5.62. The predicted molar refractivity (Wildman–Crippen MR) is 84.0 cm³/mol. The number of hydrogen-bond donors (Lipinski definition) is 1. The highest BCUT2D eigenvalue weighted by Gasteiger charge is 2.10. The molecule has 6 heteroatoms. The number of carbonyl (C=O) groups excluding carboxylic acids is 1. The van der Waals surface area contributed by atoms with Crippen molar-refractivity contribution >= 4 is 22.4 Å². The first-order chi connectivity index (χ1) is 10.1. The highest BCUT2D eigenvalue weighted by molar-refractivity contribution is 7.15. The van der Waals surface area contributed by atoms with Gasteiger partial charge < -0.3 is 4.74 Å². The van der Waals surface area contributed by atoms with Gasteiger partial charge in [-0.2, -0.15) is 0 Å². The average molecular weight is 305 g/mol. The highest BCUT2D eigenvalue weighted by atomic mass is 32.1. The van der Waals surface area contributed by atoms with E-state index in [4.69, 9.17) is 4.74 Å². The van der Waals surface area contributed by atoms with Crippen molar-refractivity contribution in [2.75, 3.05) is 11.9 Å². The molecule has 112 valence electrons. The summed E-state index contributed by atoms with van der Waals surface area (Å²) in [5.74, 6) is 0.933. The molecule has 0 radical (unpaired) electrons. The monoisotopic (exact) mass is 305 g/mol. The number of aromatic nitrogens is 2. The predicted octanol–water partition coefficient (Wildman–Crippen LogP) is 3.39. The minimum Gasteiger partial charge on any atom is -0.493 e. The molecule has 1 heterocycles. The molecular weight excluding hydrogens is 286 g/mol. The lowest BCUT2D eigenvalue weighted by Gasteiger charge is -2.09. The molecule has 0 spiro atoms. The molecule has 0 unspecified atom stereocenters. The van der Waals surface area contributed by atoms with E-state index in [9.17, 15) is 4.79 Å². The summed E-state index contributed by atoms with van der Waals surface area (Å²) in [4.78, 5) is 12.2. The first-order valence-corrected chi connectivity index (χ1v) is 7.76. The van der Waals surface area contributed by atoms with Crippen LogP contribution in [-0.2, 0) is 6.42 Å². The Morgan fingerprint density at radius 3 is 2.86 bits per heavy atom. The third-order valence-electron chi connectivity index (χ3n) is 2.67. The van der Waals surface area contributed by atoms with Crippen LogP contribution in [0, 0.1) is 5.92 Å². The van der Waals surface area contributed by atoms with Crippen LogP contribution >= 0.6 is 11.3 Å². The molecule has 2 rings (SSSR count). The zero-order valence-corrected chi connectivity index (χ0v) is 13.2. The second kappa shape index (κ2) is 7.17. The molecule has 0 saturated carbocycles. The number of nitrogens with zero attached hydrogens (tertiary/aromatic N) is 2. The van der Waals surface area contributed by atoms with Gasteiger partial charge in [-0.3, -0.25) is 10.1 Å². The van der Waals surface area contributed by atoms with Gasteiger partial charge >= 0.3 is 0 Å². The van der Waals surface area contributed by atoms with Gasteiger partial charge in [-0.05, 0) is 30.5 Å². The summed E-state index contributed by atoms with van der Waals surface area (Å²) >= 11 is 1.39. The summed E-state index contributed by atoms with van der Waals surface area (Å²) in [5, 5.41) is 12.1. The van der Waals surface area contributed by atoms with Crippen molar-refractivity contribution in [3.8, 4) is 5.75 Å². The van der Waals surface area contributed by atoms with Gasteiger partial charge in [0.05, 0.1) is 6.61 Å². The van der Waals surface area contributed by atoms with Crippen LogP contribution in [0.15, 0.2) is 24.3 Å². The molecule has 0 aliphatic rings. The SMILES string of the molecule is CCc1nnc(NC(=O)c2cccc(OCC(C)C)c2)s1. The molecule has 1 amide bonds. The van der Waals surface area contributed by atoms with E-state index in [0.717, 1.165) is 11.4 Å². The van der Waals surface area contributed by atoms with Crippen molar-refractivity contribution in [2.45, 2.75) is 27.2 Å². The number of hydrogen-bond acceptors (Lipinski definition) is 5. The van der Waals surface area contributed by atoms with Gasteiger partial charge in [0.15, 0.2) is 0 Å². The molecular formula is C15H19N3O2S. The van der Waals surface area contributed by atoms with E-state index in [2.05, 4.69) is 29.4 Å². The minimum absolute atomic E-state index is 0.205. The van der Waals surface area contributed by atoms with E-state index in [-0.39, 0.29) is 5.91 Å².